The fraction of sp³-hybridized carbons (Fsp3) is 0.0909. The lowest BCUT2D eigenvalue weighted by molar-refractivity contribution is -0.137. The van der Waals surface area contributed by atoms with Crippen molar-refractivity contribution in [2.24, 2.45) is 0 Å². The zero-order valence-electron chi connectivity index (χ0n) is 30.6. The summed E-state index contributed by atoms with van der Waals surface area (Å²) in [5.41, 5.74) is -9.76. The molecule has 0 bridgehead atoms. The number of pyridine rings is 1. The van der Waals surface area contributed by atoms with Crippen LogP contribution in [0.2, 0.25) is 0 Å². The van der Waals surface area contributed by atoms with Crippen molar-refractivity contribution in [3.63, 3.8) is 0 Å². The van der Waals surface area contributed by atoms with Crippen LogP contribution in [0.3, 0.4) is 0 Å². The van der Waals surface area contributed by atoms with Gasteiger partial charge in [0.15, 0.2) is 21.4 Å². The lowest BCUT2D eigenvalue weighted by Crippen LogP contribution is -2.25. The molecule has 0 saturated heterocycles. The van der Waals surface area contributed by atoms with E-state index in [1.165, 1.54) is 0 Å². The largest absolute Gasteiger partial charge is 0.481 e. The molecule has 0 unspecified atom stereocenters. The number of benzene rings is 4. The molecule has 0 fully saturated rings. The Morgan fingerprint density at radius 3 is 1.71 bits per heavy atom. The van der Waals surface area contributed by atoms with Crippen molar-refractivity contribution in [1.82, 2.24) is 4.98 Å². The first-order valence-electron chi connectivity index (χ1n) is 16.6. The van der Waals surface area contributed by atoms with Gasteiger partial charge in [0.25, 0.3) is 56.1 Å². The summed E-state index contributed by atoms with van der Waals surface area (Å²) in [5, 5.41) is 10.3. The smallest absolute Gasteiger partial charge is 0.303 e. The van der Waals surface area contributed by atoms with E-state index in [0.29, 0.717) is 24.3 Å². The van der Waals surface area contributed by atoms with Crippen molar-refractivity contribution in [2.45, 2.75) is 42.2 Å². The molecule has 1 aliphatic rings. The number of nitrogens with one attached hydrogen (secondary N) is 2. The van der Waals surface area contributed by atoms with Gasteiger partial charge in [-0.3, -0.25) is 41.9 Å². The molecule has 30 heteroatoms. The van der Waals surface area contributed by atoms with Crippen LogP contribution in [0.15, 0.2) is 94.8 Å². The third kappa shape index (κ3) is 8.90. The van der Waals surface area contributed by atoms with Crippen LogP contribution in [0, 0.1) is 0 Å². The average Bonchev–Trinajstić information content (AvgIpc) is 3.14. The Balaban J connectivity index is 1.81. The van der Waals surface area contributed by atoms with Crippen molar-refractivity contribution in [3.05, 3.63) is 93.3 Å². The zero-order chi connectivity index (χ0) is 47.2. The predicted molar refractivity (Wildman–Crippen MR) is 211 cm³/mol. The molecule has 24 nitrogen and oxygen atoms in total. The molecule has 0 aliphatic heterocycles. The maximum absolute atomic E-state index is 14.5. The van der Waals surface area contributed by atoms with Crippen molar-refractivity contribution in [1.29, 1.82) is 0 Å². The second kappa shape index (κ2) is 15.5. The van der Waals surface area contributed by atoms with Crippen LogP contribution in [-0.2, 0) is 65.2 Å². The molecule has 5 aromatic rings. The number of carbonyl (C=O) groups excluding carboxylic acids is 2. The van der Waals surface area contributed by atoms with Crippen LogP contribution in [0.4, 0.5) is 11.4 Å². The summed E-state index contributed by atoms with van der Waals surface area (Å²) < 4.78 is 202. The molecule has 0 atom stereocenters. The number of aliphatic carboxylic acids is 1. The lowest BCUT2D eigenvalue weighted by Gasteiger charge is -2.26. The maximum atomic E-state index is 14.5. The summed E-state index contributed by atoms with van der Waals surface area (Å²) in [6, 6.07) is 5.70. The predicted octanol–water partition coefficient (Wildman–Crippen LogP) is 1.59. The van der Waals surface area contributed by atoms with E-state index >= 15 is 0 Å². The van der Waals surface area contributed by atoms with Crippen LogP contribution in [0.25, 0.3) is 22.0 Å². The summed E-state index contributed by atoms with van der Waals surface area (Å²) >= 11 is 0. The second-order valence-electron chi connectivity index (χ2n) is 13.3. The average molecular weight is 993 g/mol. The third-order valence-corrected chi connectivity index (χ3v) is 15.5. The van der Waals surface area contributed by atoms with E-state index < -0.39 is 187 Å². The quantitative estimate of drug-likeness (QED) is 0.0567. The fourth-order valence-corrected chi connectivity index (χ4v) is 11.7. The molecule has 6 rings (SSSR count). The van der Waals surface area contributed by atoms with Crippen molar-refractivity contribution < 1.29 is 92.8 Å². The first kappa shape index (κ1) is 46.7. The number of aromatic amines is 1. The van der Waals surface area contributed by atoms with Gasteiger partial charge in [0, 0.05) is 28.5 Å². The van der Waals surface area contributed by atoms with Gasteiger partial charge in [-0.15, -0.1) is 0 Å². The van der Waals surface area contributed by atoms with Crippen LogP contribution in [0.5, 0.6) is 0 Å². The summed E-state index contributed by atoms with van der Waals surface area (Å²) in [6.45, 7) is 0. The molecule has 0 saturated carbocycles. The Hall–Kier alpha value is -5.80. The summed E-state index contributed by atoms with van der Waals surface area (Å²) in [6.07, 6.45) is -1.49. The van der Waals surface area contributed by atoms with Gasteiger partial charge in [0.1, 0.15) is 14.7 Å². The number of carboxylic acid groups (broad SMARTS) is 1. The van der Waals surface area contributed by atoms with E-state index in [4.69, 9.17) is 5.11 Å². The van der Waals surface area contributed by atoms with Crippen LogP contribution in [0.1, 0.15) is 44.7 Å². The molecule has 0 amide bonds. The highest BCUT2D eigenvalue weighted by molar-refractivity contribution is 7.93. The van der Waals surface area contributed by atoms with Gasteiger partial charge in [0.2, 0.25) is 0 Å². The molecule has 0 radical (unpaired) electrons. The highest BCUT2D eigenvalue weighted by Gasteiger charge is 2.38. The molecule has 1 aliphatic carbocycles. The van der Waals surface area contributed by atoms with Gasteiger partial charge in [-0.25, -0.2) is 8.42 Å². The van der Waals surface area contributed by atoms with Crippen molar-refractivity contribution >= 4 is 100 Å². The number of aromatic nitrogens is 1. The maximum Gasteiger partial charge on any atom is 0.303 e. The van der Waals surface area contributed by atoms with Crippen LogP contribution in [-0.4, -0.2) is 107 Å². The minimum atomic E-state index is -5.77. The Morgan fingerprint density at radius 1 is 0.587 bits per heavy atom. The molecular weight excluding hydrogens is 969 g/mol. The van der Waals surface area contributed by atoms with Crippen molar-refractivity contribution in [3.8, 4) is 11.1 Å². The van der Waals surface area contributed by atoms with Crippen LogP contribution >= 0.6 is 0 Å². The normalized spacial score (nSPS) is 13.4. The molecule has 4 aromatic carbocycles. The highest BCUT2D eigenvalue weighted by Crippen LogP contribution is 2.47. The molecule has 0 spiro atoms. The summed E-state index contributed by atoms with van der Waals surface area (Å²) in [7, 11) is -32.5. The number of carbonyl (C=O) groups is 3. The van der Waals surface area contributed by atoms with Crippen molar-refractivity contribution in [2.75, 3.05) is 11.1 Å². The van der Waals surface area contributed by atoms with Crippen LogP contribution < -0.4 is 10.9 Å². The minimum absolute atomic E-state index is 0.0677. The molecule has 8 N–H and O–H groups in total. The Kier molecular flexibility index (Phi) is 11.5. The second-order valence-corrected chi connectivity index (χ2v) is 22.3. The number of hydrogen-bond acceptors (Lipinski definition) is 17. The first-order valence-corrected chi connectivity index (χ1v) is 25.5. The molecule has 63 heavy (non-hydrogen) atoms. The van der Waals surface area contributed by atoms with E-state index in [1.54, 1.807) is 0 Å². The van der Waals surface area contributed by atoms with E-state index in [1.807, 2.05) is 4.98 Å². The Labute approximate surface area is 353 Å². The first-order chi connectivity index (χ1) is 28.7. The number of rotatable bonds is 14. The number of H-pyrrole nitrogens is 1. The number of anilines is 2. The Morgan fingerprint density at radius 2 is 1.16 bits per heavy atom. The van der Waals surface area contributed by atoms with Gasteiger partial charge in [-0.05, 0) is 60.5 Å². The molecule has 334 valence electrons. The number of ketones is 2. The summed E-state index contributed by atoms with van der Waals surface area (Å²) in [5.74, 6) is -5.44. The Bertz CT molecular complexity index is 3690. The molecule has 1 heterocycles. The van der Waals surface area contributed by atoms with Gasteiger partial charge in [-0.1, -0.05) is 12.1 Å². The number of fused-ring (bicyclic) bond motifs is 2. The van der Waals surface area contributed by atoms with E-state index in [9.17, 15) is 92.4 Å². The lowest BCUT2D eigenvalue weighted by atomic mass is 9.80. The monoisotopic (exact) mass is 992 g/mol. The number of sulfone groups is 1. The topological polar surface area (TPSA) is 422 Å². The SMILES string of the molecule is O=C(O)CCCS(=O)(=O)c1cc(Nc2cc(S(=O)(=O)O)c3[nH]c(=O)c(C(=O)c4cccc(S(=O)(=O)O)c4)c4c3c2C(=O)c2ccc(S(=O)(=O)O)cc2-4)c(S(=O)(=O)O)cc1S(=O)(=O)O. The molecular formula is C33H24N2O22S6. The zero-order valence-corrected chi connectivity index (χ0v) is 35.5. The van der Waals surface area contributed by atoms with Gasteiger partial charge < -0.3 is 15.4 Å². The van der Waals surface area contributed by atoms with Gasteiger partial charge in [0.05, 0.1) is 48.5 Å². The highest BCUT2D eigenvalue weighted by atomic mass is 32.2. The minimum Gasteiger partial charge on any atom is -0.481 e. The van der Waals surface area contributed by atoms with Gasteiger partial charge >= 0.3 is 5.97 Å². The van der Waals surface area contributed by atoms with Gasteiger partial charge in [-0.2, -0.15) is 42.1 Å². The van der Waals surface area contributed by atoms with E-state index in [2.05, 4.69) is 5.32 Å². The van der Waals surface area contributed by atoms with E-state index in [-0.39, 0.29) is 12.1 Å². The third-order valence-electron chi connectivity index (χ3n) is 9.20. The number of hydrogen-bond donors (Lipinski definition) is 8. The fourth-order valence-electron chi connectivity index (χ4n) is 6.60. The number of carboxylic acids is 1. The molecule has 1 aromatic heterocycles. The standard InChI is InChI=1S/C33H24N2O22S6/c36-25(37)5-2-8-58(41,42)22-11-19(21(61(49,50)51)13-23(22)62(52,53)54)34-20-12-24(63(55,56)57)30-28-26(18-10-16(60(46,47)48)6-7-17(18)32(39)27(20)28)29(33(40)35-30)31(38)14-3-1-4-15(9-14)59(43,44)45/h1,3-4,6-7,9-13,34H,2,5,8H2,(H,35,40)(H,36,37)(H,43,44,45)(H,46,47,48)(H,49,50,51)(H,52,53,54)(H,55,56,57). The van der Waals surface area contributed by atoms with E-state index in [0.717, 1.165) is 24.3 Å². The summed E-state index contributed by atoms with van der Waals surface area (Å²) in [4.78, 5) is 47.8.